The van der Waals surface area contributed by atoms with Gasteiger partial charge in [0.2, 0.25) is 0 Å². The molecule has 19 heavy (non-hydrogen) atoms. The lowest BCUT2D eigenvalue weighted by molar-refractivity contribution is 0.472. The normalized spacial score (nSPS) is 10.3. The smallest absolute Gasteiger partial charge is 0.144 e. The summed E-state index contributed by atoms with van der Waals surface area (Å²) in [7, 11) is 0. The van der Waals surface area contributed by atoms with Crippen molar-refractivity contribution in [2.75, 3.05) is 0 Å². The number of benzene rings is 2. The van der Waals surface area contributed by atoms with Crippen molar-refractivity contribution in [1.82, 2.24) is 0 Å². The van der Waals surface area contributed by atoms with Crippen LogP contribution in [0.15, 0.2) is 40.9 Å². The molecule has 6 heteroatoms. The predicted molar refractivity (Wildman–Crippen MR) is 76.6 cm³/mol. The Balaban J connectivity index is 2.46. The van der Waals surface area contributed by atoms with Gasteiger partial charge in [-0.2, -0.15) is 0 Å². The van der Waals surface area contributed by atoms with Gasteiger partial charge in [-0.05, 0) is 40.2 Å². The van der Waals surface area contributed by atoms with Gasteiger partial charge in [0.15, 0.2) is 0 Å². The highest BCUT2D eigenvalue weighted by molar-refractivity contribution is 9.10. The first-order valence-corrected chi connectivity index (χ1v) is 6.42. The summed E-state index contributed by atoms with van der Waals surface area (Å²) in [5.74, 6) is -0.0613. The summed E-state index contributed by atoms with van der Waals surface area (Å²) in [4.78, 5) is 0. The van der Waals surface area contributed by atoms with Gasteiger partial charge in [-0.25, -0.2) is 4.39 Å². The summed E-state index contributed by atoms with van der Waals surface area (Å²) in [5.41, 5.74) is 5.75. The van der Waals surface area contributed by atoms with Gasteiger partial charge >= 0.3 is 0 Å². The molecule has 0 bridgehead atoms. The van der Waals surface area contributed by atoms with Crippen LogP contribution in [0, 0.1) is 11.2 Å². The van der Waals surface area contributed by atoms with Gasteiger partial charge in [0, 0.05) is 6.07 Å². The van der Waals surface area contributed by atoms with Crippen LogP contribution in [0.1, 0.15) is 5.56 Å². The Morgan fingerprint density at radius 2 is 2.00 bits per heavy atom. The number of nitrogens with one attached hydrogen (secondary N) is 1. The van der Waals surface area contributed by atoms with Crippen molar-refractivity contribution in [3.05, 3.63) is 57.3 Å². The fourth-order valence-electron chi connectivity index (χ4n) is 1.52. The Hall–Kier alpha value is -1.59. The summed E-state index contributed by atoms with van der Waals surface area (Å²) in [6.07, 6.45) is 0. The summed E-state index contributed by atoms with van der Waals surface area (Å²) >= 11 is 9.23. The molecule has 2 aromatic rings. The second-order valence-electron chi connectivity index (χ2n) is 3.70. The Morgan fingerprint density at radius 3 is 2.68 bits per heavy atom. The second kappa shape index (κ2) is 5.59. The Labute approximate surface area is 122 Å². The van der Waals surface area contributed by atoms with Crippen LogP contribution in [0.2, 0.25) is 5.02 Å². The summed E-state index contributed by atoms with van der Waals surface area (Å²) in [5, 5.41) is 7.81. The summed E-state index contributed by atoms with van der Waals surface area (Å²) in [6.45, 7) is 0. The van der Waals surface area contributed by atoms with Gasteiger partial charge in [-0.1, -0.05) is 17.7 Å². The number of hydrogen-bond donors (Lipinski definition) is 2. The van der Waals surface area contributed by atoms with Crippen LogP contribution in [-0.4, -0.2) is 5.84 Å². The van der Waals surface area contributed by atoms with Crippen LogP contribution in [-0.2, 0) is 0 Å². The van der Waals surface area contributed by atoms with E-state index in [1.165, 1.54) is 18.2 Å². The Morgan fingerprint density at radius 1 is 1.26 bits per heavy atom. The van der Waals surface area contributed by atoms with E-state index in [9.17, 15) is 4.39 Å². The van der Waals surface area contributed by atoms with Crippen LogP contribution >= 0.6 is 27.5 Å². The van der Waals surface area contributed by atoms with Gasteiger partial charge in [0.1, 0.15) is 23.2 Å². The van der Waals surface area contributed by atoms with E-state index in [-0.39, 0.29) is 17.1 Å². The highest BCUT2D eigenvalue weighted by atomic mass is 79.9. The third-order valence-corrected chi connectivity index (χ3v) is 3.33. The Bertz CT molecular complexity index is 649. The molecule has 0 heterocycles. The zero-order valence-electron chi connectivity index (χ0n) is 9.58. The number of nitrogen functional groups attached to an aromatic ring is 1. The molecule has 0 radical (unpaired) electrons. The fraction of sp³-hybridized carbons (Fsp3) is 0. The minimum absolute atomic E-state index is 0.215. The van der Waals surface area contributed by atoms with Crippen LogP contribution in [0.3, 0.4) is 0 Å². The van der Waals surface area contributed by atoms with Gasteiger partial charge in [0.05, 0.1) is 15.1 Å². The topological polar surface area (TPSA) is 59.1 Å². The van der Waals surface area contributed by atoms with Crippen molar-refractivity contribution in [1.29, 1.82) is 5.41 Å². The van der Waals surface area contributed by atoms with E-state index in [0.29, 0.717) is 15.2 Å². The zero-order valence-corrected chi connectivity index (χ0v) is 11.9. The van der Waals surface area contributed by atoms with E-state index in [1.54, 1.807) is 18.2 Å². The lowest BCUT2D eigenvalue weighted by Gasteiger charge is -2.12. The van der Waals surface area contributed by atoms with Crippen molar-refractivity contribution in [2.45, 2.75) is 0 Å². The van der Waals surface area contributed by atoms with E-state index in [0.717, 1.165) is 0 Å². The maximum atomic E-state index is 13.2. The SMILES string of the molecule is N=C(N)c1c(Cl)cccc1Oc1cc(F)ccc1Br. The molecule has 98 valence electrons. The number of rotatable bonds is 3. The maximum Gasteiger partial charge on any atom is 0.144 e. The van der Waals surface area contributed by atoms with Crippen molar-refractivity contribution in [3.63, 3.8) is 0 Å². The molecule has 0 spiro atoms. The molecule has 3 nitrogen and oxygen atoms in total. The second-order valence-corrected chi connectivity index (χ2v) is 4.96. The maximum absolute atomic E-state index is 13.2. The van der Waals surface area contributed by atoms with Crippen LogP contribution in [0.5, 0.6) is 11.5 Å². The van der Waals surface area contributed by atoms with E-state index < -0.39 is 5.82 Å². The molecule has 0 aliphatic carbocycles. The van der Waals surface area contributed by atoms with E-state index in [1.807, 2.05) is 0 Å². The van der Waals surface area contributed by atoms with Crippen molar-refractivity contribution in [3.8, 4) is 11.5 Å². The predicted octanol–water partition coefficient (Wildman–Crippen LogP) is 4.32. The molecule has 3 N–H and O–H groups in total. The lowest BCUT2D eigenvalue weighted by Crippen LogP contribution is -2.13. The van der Waals surface area contributed by atoms with Crippen molar-refractivity contribution < 1.29 is 9.13 Å². The number of hydrogen-bond acceptors (Lipinski definition) is 2. The van der Waals surface area contributed by atoms with Crippen molar-refractivity contribution >= 4 is 33.4 Å². The molecule has 0 atom stereocenters. The molecule has 0 unspecified atom stereocenters. The first-order valence-electron chi connectivity index (χ1n) is 5.25. The summed E-state index contributed by atoms with van der Waals surface area (Å²) < 4.78 is 19.4. The van der Waals surface area contributed by atoms with E-state index in [2.05, 4.69) is 15.9 Å². The molecule has 0 saturated heterocycles. The van der Waals surface area contributed by atoms with Gasteiger partial charge in [-0.15, -0.1) is 0 Å². The first-order chi connectivity index (χ1) is 8.99. The monoisotopic (exact) mass is 342 g/mol. The third kappa shape index (κ3) is 3.05. The van der Waals surface area contributed by atoms with Gasteiger partial charge < -0.3 is 10.5 Å². The number of nitrogens with two attached hydrogens (primary N) is 1. The molecular formula is C13H9BrClFN2O. The number of ether oxygens (including phenoxy) is 1. The molecule has 0 fully saturated rings. The molecule has 0 aliphatic heterocycles. The molecule has 2 rings (SSSR count). The van der Waals surface area contributed by atoms with Crippen molar-refractivity contribution in [2.24, 2.45) is 5.73 Å². The number of halogens is 3. The quantitative estimate of drug-likeness (QED) is 0.644. The Kier molecular flexibility index (Phi) is 4.07. The first kappa shape index (κ1) is 13.8. The molecule has 0 aromatic heterocycles. The molecule has 2 aromatic carbocycles. The standard InChI is InChI=1S/C13H9BrClFN2O/c14-8-5-4-7(16)6-11(8)19-10-3-1-2-9(15)12(10)13(17)18/h1-6H,(H3,17,18). The molecule has 0 amide bonds. The summed E-state index contributed by atoms with van der Waals surface area (Å²) in [6, 6.07) is 8.95. The molecular weight excluding hydrogens is 335 g/mol. The van der Waals surface area contributed by atoms with Gasteiger partial charge in [-0.3, -0.25) is 5.41 Å². The molecule has 0 saturated carbocycles. The molecule has 0 aliphatic rings. The van der Waals surface area contributed by atoms with Crippen LogP contribution in [0.25, 0.3) is 0 Å². The lowest BCUT2D eigenvalue weighted by atomic mass is 10.2. The van der Waals surface area contributed by atoms with E-state index in [4.69, 9.17) is 27.5 Å². The van der Waals surface area contributed by atoms with Gasteiger partial charge in [0.25, 0.3) is 0 Å². The average Bonchev–Trinajstić information content (AvgIpc) is 2.33. The fourth-order valence-corrected chi connectivity index (χ4v) is 2.12. The zero-order chi connectivity index (χ0) is 14.0. The highest BCUT2D eigenvalue weighted by Gasteiger charge is 2.13. The average molecular weight is 344 g/mol. The van der Waals surface area contributed by atoms with Crippen LogP contribution in [0.4, 0.5) is 4.39 Å². The largest absolute Gasteiger partial charge is 0.455 e. The van der Waals surface area contributed by atoms with E-state index >= 15 is 0 Å². The number of amidine groups is 1. The minimum atomic E-state index is -0.426. The minimum Gasteiger partial charge on any atom is -0.455 e. The van der Waals surface area contributed by atoms with Crippen LogP contribution < -0.4 is 10.5 Å². The third-order valence-electron chi connectivity index (χ3n) is 2.36. The highest BCUT2D eigenvalue weighted by Crippen LogP contribution is 2.34.